The van der Waals surface area contributed by atoms with Crippen molar-refractivity contribution in [2.24, 2.45) is 0 Å². The van der Waals surface area contributed by atoms with Gasteiger partial charge in [-0.3, -0.25) is 0 Å². The Morgan fingerprint density at radius 2 is 1.66 bits per heavy atom. The largest absolute Gasteiger partial charge is 0.497 e. The lowest BCUT2D eigenvalue weighted by molar-refractivity contribution is 0.0696. The Labute approximate surface area is 186 Å². The van der Waals surface area contributed by atoms with Crippen molar-refractivity contribution in [3.05, 3.63) is 95.1 Å². The van der Waals surface area contributed by atoms with E-state index in [1.807, 2.05) is 24.3 Å². The number of fused-ring (bicyclic) bond motifs is 3. The van der Waals surface area contributed by atoms with E-state index in [4.69, 9.17) is 9.47 Å². The molecular weight excluding hydrogens is 406 g/mol. The van der Waals surface area contributed by atoms with Gasteiger partial charge in [0.05, 0.1) is 12.7 Å². The fraction of sp³-hybridized carbons (Fsp3) is 0.154. The number of carboxylic acid groups (broad SMARTS) is 1. The van der Waals surface area contributed by atoms with Crippen LogP contribution in [0.1, 0.15) is 33.0 Å². The number of hydrogen-bond donors (Lipinski definition) is 2. The van der Waals surface area contributed by atoms with Crippen LogP contribution in [-0.4, -0.2) is 37.4 Å². The molecular formula is C26H23NO5. The highest BCUT2D eigenvalue weighted by molar-refractivity contribution is 5.89. The summed E-state index contributed by atoms with van der Waals surface area (Å²) in [6.45, 7) is 0.498. The fourth-order valence-corrected chi connectivity index (χ4v) is 3.95. The van der Waals surface area contributed by atoms with Crippen LogP contribution >= 0.6 is 0 Å². The van der Waals surface area contributed by atoms with Gasteiger partial charge in [-0.15, -0.1) is 0 Å². The van der Waals surface area contributed by atoms with Crippen LogP contribution in [0, 0.1) is 0 Å². The van der Waals surface area contributed by atoms with Gasteiger partial charge in [0.25, 0.3) is 0 Å². The summed E-state index contributed by atoms with van der Waals surface area (Å²) in [7, 11) is 1.48. The Hall–Kier alpha value is -4.06. The van der Waals surface area contributed by atoms with Gasteiger partial charge in [-0.2, -0.15) is 0 Å². The van der Waals surface area contributed by atoms with E-state index in [1.54, 1.807) is 18.2 Å². The Kier molecular flexibility index (Phi) is 6.22. The van der Waals surface area contributed by atoms with Crippen LogP contribution in [0.2, 0.25) is 0 Å². The van der Waals surface area contributed by atoms with Crippen molar-refractivity contribution >= 4 is 18.1 Å². The van der Waals surface area contributed by atoms with Crippen molar-refractivity contribution in [2.75, 3.05) is 20.3 Å². The molecule has 0 saturated heterocycles. The third-order valence-corrected chi connectivity index (χ3v) is 5.43. The Balaban J connectivity index is 1.34. The van der Waals surface area contributed by atoms with Crippen molar-refractivity contribution in [2.45, 2.75) is 5.92 Å². The highest BCUT2D eigenvalue weighted by Gasteiger charge is 2.28. The van der Waals surface area contributed by atoms with Crippen molar-refractivity contribution < 1.29 is 24.2 Å². The van der Waals surface area contributed by atoms with Gasteiger partial charge >= 0.3 is 12.1 Å². The van der Waals surface area contributed by atoms with E-state index < -0.39 is 12.1 Å². The molecule has 0 heterocycles. The fourth-order valence-electron chi connectivity index (χ4n) is 3.95. The number of hydrogen-bond acceptors (Lipinski definition) is 4. The molecule has 0 aromatic heterocycles. The zero-order valence-corrected chi connectivity index (χ0v) is 17.6. The molecule has 0 aliphatic heterocycles. The van der Waals surface area contributed by atoms with E-state index in [2.05, 4.69) is 29.6 Å². The Morgan fingerprint density at radius 1 is 1.00 bits per heavy atom. The second kappa shape index (κ2) is 9.39. The minimum Gasteiger partial charge on any atom is -0.497 e. The highest BCUT2D eigenvalue weighted by Crippen LogP contribution is 2.44. The Bertz CT molecular complexity index is 1140. The molecule has 0 atom stereocenters. The predicted octanol–water partition coefficient (Wildman–Crippen LogP) is 4.95. The summed E-state index contributed by atoms with van der Waals surface area (Å²) < 4.78 is 10.6. The summed E-state index contributed by atoms with van der Waals surface area (Å²) >= 11 is 0. The summed E-state index contributed by atoms with van der Waals surface area (Å²) in [4.78, 5) is 23.4. The van der Waals surface area contributed by atoms with Crippen LogP contribution in [0.3, 0.4) is 0 Å². The first-order chi connectivity index (χ1) is 15.6. The van der Waals surface area contributed by atoms with Gasteiger partial charge in [0.2, 0.25) is 0 Å². The van der Waals surface area contributed by atoms with Crippen molar-refractivity contribution in [3.63, 3.8) is 0 Å². The van der Waals surface area contributed by atoms with Crippen LogP contribution < -0.4 is 10.1 Å². The van der Waals surface area contributed by atoms with Gasteiger partial charge in [-0.05, 0) is 46.0 Å². The van der Waals surface area contributed by atoms with E-state index in [0.717, 1.165) is 11.1 Å². The van der Waals surface area contributed by atoms with Gasteiger partial charge in [-0.1, -0.05) is 60.7 Å². The monoisotopic (exact) mass is 429 g/mol. The molecule has 0 fully saturated rings. The van der Waals surface area contributed by atoms with Crippen molar-refractivity contribution in [1.29, 1.82) is 0 Å². The molecule has 0 bridgehead atoms. The average molecular weight is 429 g/mol. The molecule has 4 rings (SSSR count). The number of methoxy groups -OCH3 is 1. The van der Waals surface area contributed by atoms with E-state index in [0.29, 0.717) is 11.3 Å². The van der Waals surface area contributed by atoms with Crippen LogP contribution in [0.15, 0.2) is 72.8 Å². The van der Waals surface area contributed by atoms with Crippen molar-refractivity contribution in [1.82, 2.24) is 5.32 Å². The molecule has 2 N–H and O–H groups in total. The maximum Gasteiger partial charge on any atom is 0.407 e. The lowest BCUT2D eigenvalue weighted by Crippen LogP contribution is -2.26. The number of rotatable bonds is 7. The quantitative estimate of drug-likeness (QED) is 0.555. The van der Waals surface area contributed by atoms with E-state index in [-0.39, 0.29) is 24.6 Å². The number of carboxylic acids is 1. The molecule has 3 aromatic carbocycles. The van der Waals surface area contributed by atoms with E-state index in [1.165, 1.54) is 30.4 Å². The van der Waals surface area contributed by atoms with Crippen LogP contribution in [-0.2, 0) is 4.74 Å². The first kappa shape index (κ1) is 21.2. The maximum atomic E-state index is 12.2. The highest BCUT2D eigenvalue weighted by atomic mass is 16.5. The standard InChI is InChI=1S/C26H23NO5/c1-31-19-14-17(13-18(15-19)25(28)29)7-6-12-27-26(30)32-16-24-22-10-4-2-8-20(22)21-9-3-5-11-23(21)24/h2-11,13-15,24H,12,16H2,1H3,(H,27,30)(H,28,29). The maximum absolute atomic E-state index is 12.2. The molecule has 162 valence electrons. The van der Waals surface area contributed by atoms with Crippen LogP contribution in [0.25, 0.3) is 17.2 Å². The van der Waals surface area contributed by atoms with Crippen LogP contribution in [0.5, 0.6) is 5.75 Å². The number of alkyl carbamates (subject to hydrolysis) is 1. The topological polar surface area (TPSA) is 84.9 Å². The summed E-state index contributed by atoms with van der Waals surface area (Å²) in [5.41, 5.74) is 5.48. The number of benzene rings is 3. The lowest BCUT2D eigenvalue weighted by atomic mass is 9.98. The normalized spacial score (nSPS) is 12.3. The summed E-state index contributed by atoms with van der Waals surface area (Å²) in [5, 5.41) is 11.9. The first-order valence-corrected chi connectivity index (χ1v) is 10.2. The molecule has 1 aliphatic carbocycles. The second-order valence-electron chi connectivity index (χ2n) is 7.41. The molecule has 0 unspecified atom stereocenters. The van der Waals surface area contributed by atoms with Gasteiger partial charge in [0, 0.05) is 12.5 Å². The SMILES string of the molecule is COc1cc(C=CCNC(=O)OCC2c3ccccc3-c3ccccc32)cc(C(=O)O)c1. The van der Waals surface area contributed by atoms with E-state index >= 15 is 0 Å². The molecule has 1 amide bonds. The zero-order valence-electron chi connectivity index (χ0n) is 17.6. The number of ether oxygens (including phenoxy) is 2. The summed E-state index contributed by atoms with van der Waals surface area (Å²) in [5.74, 6) is -0.570. The number of aromatic carboxylic acids is 1. The van der Waals surface area contributed by atoms with Gasteiger partial charge < -0.3 is 19.9 Å². The van der Waals surface area contributed by atoms with Gasteiger partial charge in [0.15, 0.2) is 0 Å². The molecule has 32 heavy (non-hydrogen) atoms. The molecule has 3 aromatic rings. The lowest BCUT2D eigenvalue weighted by Gasteiger charge is -2.14. The van der Waals surface area contributed by atoms with E-state index in [9.17, 15) is 14.7 Å². The number of nitrogens with one attached hydrogen (secondary N) is 1. The molecule has 0 saturated carbocycles. The number of amides is 1. The smallest absolute Gasteiger partial charge is 0.407 e. The van der Waals surface area contributed by atoms with Crippen molar-refractivity contribution in [3.8, 4) is 16.9 Å². The summed E-state index contributed by atoms with van der Waals surface area (Å²) in [6.07, 6.45) is 2.94. The van der Waals surface area contributed by atoms with Gasteiger partial charge in [0.1, 0.15) is 12.4 Å². The number of carbonyl (C=O) groups is 2. The van der Waals surface area contributed by atoms with Gasteiger partial charge in [-0.25, -0.2) is 9.59 Å². The molecule has 0 spiro atoms. The minimum atomic E-state index is -1.03. The Morgan fingerprint density at radius 3 is 2.28 bits per heavy atom. The molecule has 0 radical (unpaired) electrons. The average Bonchev–Trinajstić information content (AvgIpc) is 3.14. The third kappa shape index (κ3) is 4.49. The summed E-state index contributed by atoms with van der Waals surface area (Å²) in [6, 6.07) is 21.1. The molecule has 1 aliphatic rings. The minimum absolute atomic E-state index is 0.00918. The molecule has 6 nitrogen and oxygen atoms in total. The second-order valence-corrected chi connectivity index (χ2v) is 7.41. The predicted molar refractivity (Wildman–Crippen MR) is 122 cm³/mol. The number of carbonyl (C=O) groups excluding carboxylic acids is 1. The zero-order chi connectivity index (χ0) is 22.5. The third-order valence-electron chi connectivity index (χ3n) is 5.43. The molecule has 6 heteroatoms. The first-order valence-electron chi connectivity index (χ1n) is 10.2. The van der Waals surface area contributed by atoms with Crippen LogP contribution in [0.4, 0.5) is 4.79 Å².